The summed E-state index contributed by atoms with van der Waals surface area (Å²) >= 11 is 0. The van der Waals surface area contributed by atoms with E-state index in [1.165, 1.54) is 125 Å². The van der Waals surface area contributed by atoms with Gasteiger partial charge in [-0.15, -0.1) is 0 Å². The van der Waals surface area contributed by atoms with Crippen LogP contribution in [0.3, 0.4) is 0 Å². The van der Waals surface area contributed by atoms with E-state index in [-0.39, 0.29) is 0 Å². The number of fused-ring (bicyclic) bond motifs is 12. The van der Waals surface area contributed by atoms with Gasteiger partial charge in [-0.05, 0) is 191 Å². The number of phenols is 1. The molecule has 0 spiro atoms. The third-order valence-corrected chi connectivity index (χ3v) is 24.5. The highest BCUT2D eigenvalue weighted by molar-refractivity contribution is 5.32. The van der Waals surface area contributed by atoms with Gasteiger partial charge in [-0.3, -0.25) is 34.4 Å². The first-order valence-corrected chi connectivity index (χ1v) is 42.0. The van der Waals surface area contributed by atoms with Gasteiger partial charge < -0.3 is 55.8 Å². The van der Waals surface area contributed by atoms with E-state index < -0.39 is 0 Å². The van der Waals surface area contributed by atoms with Crippen molar-refractivity contribution in [2.45, 2.75) is 100 Å². The predicted octanol–water partition coefficient (Wildman–Crippen LogP) is 8.97. The van der Waals surface area contributed by atoms with Crippen molar-refractivity contribution in [1.29, 1.82) is 0 Å². The molecule has 107 heavy (non-hydrogen) atoms. The molecule has 14 unspecified atom stereocenters. The highest BCUT2D eigenvalue weighted by atomic mass is 16.3. The van der Waals surface area contributed by atoms with Crippen LogP contribution in [0.5, 0.6) is 5.75 Å². The summed E-state index contributed by atoms with van der Waals surface area (Å²) in [5, 5.41) is 24.6. The number of nitrogens with zero attached hydrogens (tertiary/aromatic N) is 13. The van der Waals surface area contributed by atoms with Gasteiger partial charge in [0.1, 0.15) is 5.75 Å². The molecule has 8 fully saturated rings. The first kappa shape index (κ1) is 82.4. The Bertz CT molecular complexity index is 3160. The van der Waals surface area contributed by atoms with Gasteiger partial charge in [0.05, 0.1) is 0 Å². The molecule has 5 N–H and O–H groups in total. The van der Waals surface area contributed by atoms with Crippen molar-refractivity contribution < 1.29 is 5.11 Å². The monoisotopic (exact) mass is 1460 g/mol. The fourth-order valence-corrected chi connectivity index (χ4v) is 17.7. The largest absolute Gasteiger partial charge is 0.508 e. The first-order valence-electron chi connectivity index (χ1n) is 42.0. The Kier molecular flexibility index (Phi) is 35.6. The van der Waals surface area contributed by atoms with Gasteiger partial charge in [0.15, 0.2) is 0 Å². The van der Waals surface area contributed by atoms with Crippen molar-refractivity contribution in [3.05, 3.63) is 203 Å². The molecule has 6 aromatic rings. The van der Waals surface area contributed by atoms with E-state index in [4.69, 9.17) is 0 Å². The summed E-state index contributed by atoms with van der Waals surface area (Å²) in [6.45, 7) is 38.7. The van der Waals surface area contributed by atoms with Gasteiger partial charge in [0, 0.05) is 218 Å². The zero-order chi connectivity index (χ0) is 73.9. The minimum absolute atomic E-state index is 0.434. The number of nitrogens with one attached hydrogen (secondary N) is 4. The second-order valence-electron chi connectivity index (χ2n) is 31.9. The Morgan fingerprint density at radius 1 is 0.299 bits per heavy atom. The molecule has 0 amide bonds. The van der Waals surface area contributed by atoms with Crippen LogP contribution in [0.2, 0.25) is 0 Å². The molecule has 0 radical (unpaired) electrons. The Morgan fingerprint density at radius 2 is 0.664 bits per heavy atom. The maximum absolute atomic E-state index is 10.2. The Hall–Kier alpha value is -5.59. The molecule has 0 aliphatic carbocycles. The third-order valence-electron chi connectivity index (χ3n) is 24.5. The molecule has 14 atom stereocenters. The molecule has 5 aromatic carbocycles. The Morgan fingerprint density at radius 3 is 1.14 bits per heavy atom. The SMILES string of the molecule is CN1CCC(c2ccccc2)N2CCN(C)CCC(c3ccccc3)N(CC1)CC2.CN1CCC(c2ccccc2)N2CCN(CCC(c3ccccc3)N(C)CC2)CC1.Oc1ccccc1CC1CCNCCN2CCCNCCN1CC2.c1ccc(CC2CCNCCN3CCCNCCN2CC3)nc1. The quantitative estimate of drug-likeness (QED) is 0.0997. The lowest BCUT2D eigenvalue weighted by molar-refractivity contribution is 0.0743. The second kappa shape index (κ2) is 46.3. The molecule has 0 saturated carbocycles. The van der Waals surface area contributed by atoms with Crippen molar-refractivity contribution in [3.8, 4) is 5.75 Å². The summed E-state index contributed by atoms with van der Waals surface area (Å²) in [6.07, 6.45) is 13.5. The molecule has 1 aromatic heterocycles. The number of para-hydroxylation sites is 1. The number of likely N-dealkylation sites (N-methyl/N-ethyl adjacent to an activating group) is 4. The van der Waals surface area contributed by atoms with E-state index in [2.05, 4.69) is 253 Å². The Balaban J connectivity index is 0.000000143. The van der Waals surface area contributed by atoms with Gasteiger partial charge in [-0.25, -0.2) is 0 Å². The van der Waals surface area contributed by atoms with E-state index in [1.54, 1.807) is 6.07 Å². The number of aromatic hydroxyl groups is 1. The molecular weight excluding hydrogens is 1320 g/mol. The van der Waals surface area contributed by atoms with Crippen LogP contribution in [0.4, 0.5) is 0 Å². The number of phenolic OH excluding ortho intramolecular Hbond substituents is 1. The summed E-state index contributed by atoms with van der Waals surface area (Å²) < 4.78 is 0. The van der Waals surface area contributed by atoms with Crippen molar-refractivity contribution in [1.82, 2.24) is 85.1 Å². The first-order chi connectivity index (χ1) is 52.6. The third kappa shape index (κ3) is 27.7. The van der Waals surface area contributed by atoms with Gasteiger partial charge in [-0.1, -0.05) is 146 Å². The number of hydrogen-bond donors (Lipinski definition) is 5. The van der Waals surface area contributed by atoms with Crippen LogP contribution in [-0.2, 0) is 12.8 Å². The Labute approximate surface area is 647 Å². The highest BCUT2D eigenvalue weighted by Crippen LogP contribution is 2.32. The van der Waals surface area contributed by atoms with E-state index in [9.17, 15) is 5.11 Å². The summed E-state index contributed by atoms with van der Waals surface area (Å²) in [5.74, 6) is 0.434. The fourth-order valence-electron chi connectivity index (χ4n) is 17.7. The number of benzene rings is 5. The maximum atomic E-state index is 10.2. The summed E-state index contributed by atoms with van der Waals surface area (Å²) in [6, 6.07) is 61.8. The lowest BCUT2D eigenvalue weighted by Gasteiger charge is -2.41. The molecule has 586 valence electrons. The van der Waals surface area contributed by atoms with Crippen LogP contribution in [0.1, 0.15) is 109 Å². The normalized spacial score (nSPS) is 30.2. The van der Waals surface area contributed by atoms with Crippen LogP contribution in [-0.4, -0.2) is 332 Å². The van der Waals surface area contributed by atoms with Crippen molar-refractivity contribution >= 4 is 0 Å². The standard InChI is InChI=1S/2C26H38N4.C19H32N4O.C18H31N5/c1-27-15-13-26(24-11-7-4-8-12-24)30-21-18-28(2)25(23-9-5-3-6-10-23)14-16-29(19-17-27)20-22-30;1-27-15-13-25(23-9-5-3-6-10-23)30-20-18-28(2)16-14-26(24-11-7-4-8-12-24)29(19-17-27)21-22-30;24-19-5-2-1-4-17(19)16-18-6-8-21-9-12-22-11-3-7-20-10-13-23(18)15-14-22;1-2-7-21-17(4-1)16-18-5-8-20-9-12-22-11-3-6-19-10-13-23(18)15-14-22/h2*3-12,25-26H,13-22H2,1-2H3;1-2,4-5,18,20-21,24H,3,6-16H2;1-2,4,7,18-20H,3,5-6,8-16H2. The molecule has 14 rings (SSSR count). The van der Waals surface area contributed by atoms with Crippen LogP contribution < -0.4 is 21.3 Å². The van der Waals surface area contributed by atoms with Crippen molar-refractivity contribution in [2.75, 3.05) is 251 Å². The molecule has 8 saturated heterocycles. The van der Waals surface area contributed by atoms with Crippen molar-refractivity contribution in [2.24, 2.45) is 0 Å². The molecule has 8 bridgehead atoms. The minimum Gasteiger partial charge on any atom is -0.508 e. The molecule has 9 heterocycles. The van der Waals surface area contributed by atoms with E-state index >= 15 is 0 Å². The summed E-state index contributed by atoms with van der Waals surface area (Å²) in [7, 11) is 9.20. The number of pyridine rings is 1. The number of hydrogen-bond acceptors (Lipinski definition) is 18. The van der Waals surface area contributed by atoms with Crippen LogP contribution in [0.25, 0.3) is 0 Å². The van der Waals surface area contributed by atoms with Crippen LogP contribution in [0, 0.1) is 0 Å². The van der Waals surface area contributed by atoms with Gasteiger partial charge in [0.25, 0.3) is 0 Å². The lowest BCUT2D eigenvalue weighted by atomic mass is 9.99. The van der Waals surface area contributed by atoms with Crippen molar-refractivity contribution in [3.63, 3.8) is 0 Å². The maximum Gasteiger partial charge on any atom is 0.118 e. The van der Waals surface area contributed by atoms with Gasteiger partial charge in [0.2, 0.25) is 0 Å². The lowest BCUT2D eigenvalue weighted by Crippen LogP contribution is -2.49. The summed E-state index contributed by atoms with van der Waals surface area (Å²) in [5.41, 5.74) is 8.15. The second-order valence-corrected chi connectivity index (χ2v) is 31.9. The topological polar surface area (TPSA) is 120 Å². The average molecular weight is 1460 g/mol. The van der Waals surface area contributed by atoms with Gasteiger partial charge >= 0.3 is 0 Å². The molecule has 18 nitrogen and oxygen atoms in total. The molecule has 8 aliphatic heterocycles. The summed E-state index contributed by atoms with van der Waals surface area (Å²) in [4.78, 5) is 36.2. The fraction of sp³-hybridized carbons (Fsp3) is 0.607. The van der Waals surface area contributed by atoms with Crippen LogP contribution in [0.15, 0.2) is 170 Å². The highest BCUT2D eigenvalue weighted by Gasteiger charge is 2.31. The number of aromatic nitrogens is 1. The zero-order valence-corrected chi connectivity index (χ0v) is 66.5. The molecule has 8 aliphatic rings. The smallest absolute Gasteiger partial charge is 0.118 e. The molecule has 18 heteroatoms. The van der Waals surface area contributed by atoms with E-state index in [0.717, 1.165) is 195 Å². The minimum atomic E-state index is 0.434. The zero-order valence-electron chi connectivity index (χ0n) is 66.5. The number of rotatable bonds is 8. The van der Waals surface area contributed by atoms with E-state index in [1.807, 2.05) is 24.4 Å². The van der Waals surface area contributed by atoms with E-state index in [0.29, 0.717) is 42.0 Å². The average Bonchev–Trinajstić information content (AvgIpc) is 0.827. The molecular formula is C89H139N17O. The van der Waals surface area contributed by atoms with Crippen LogP contribution >= 0.6 is 0 Å². The predicted molar refractivity (Wildman–Crippen MR) is 445 cm³/mol. The van der Waals surface area contributed by atoms with Gasteiger partial charge in [-0.2, -0.15) is 0 Å².